The first-order valence-corrected chi connectivity index (χ1v) is 28.3. The second kappa shape index (κ2) is 49.1. The number of hydrogen-bond acceptors (Lipinski definition) is 10. The number of aliphatic hydroxyl groups is 5. The van der Waals surface area contributed by atoms with E-state index in [0.717, 1.165) is 109 Å². The molecule has 0 radical (unpaired) electrons. The first-order chi connectivity index (χ1) is 34.7. The van der Waals surface area contributed by atoms with Crippen molar-refractivity contribution in [2.45, 2.75) is 262 Å². The number of hydrogen-bond donors (Lipinski definition) is 6. The lowest BCUT2D eigenvalue weighted by atomic mass is 9.99. The Labute approximate surface area is 432 Å². The van der Waals surface area contributed by atoms with Gasteiger partial charge in [0.1, 0.15) is 24.4 Å². The molecule has 0 aromatic heterocycles. The molecule has 11 heteroatoms. The van der Waals surface area contributed by atoms with E-state index in [2.05, 4.69) is 79.1 Å². The topological polar surface area (TPSA) is 175 Å². The van der Waals surface area contributed by atoms with Crippen LogP contribution in [0.5, 0.6) is 0 Å². The summed E-state index contributed by atoms with van der Waals surface area (Å²) in [6.07, 6.45) is 55.6. The minimum Gasteiger partial charge on any atom is -0.466 e. The molecular weight excluding hydrogens is 895 g/mol. The van der Waals surface area contributed by atoms with Gasteiger partial charge in [0.2, 0.25) is 5.91 Å². The Morgan fingerprint density at radius 1 is 0.549 bits per heavy atom. The monoisotopic (exact) mass is 998 g/mol. The lowest BCUT2D eigenvalue weighted by Crippen LogP contribution is -2.60. The number of ether oxygens (including phenoxy) is 3. The average molecular weight is 998 g/mol. The lowest BCUT2D eigenvalue weighted by Gasteiger charge is -2.40. The van der Waals surface area contributed by atoms with Gasteiger partial charge in [0.05, 0.1) is 32.0 Å². The van der Waals surface area contributed by atoms with Crippen LogP contribution in [0.15, 0.2) is 85.1 Å². The van der Waals surface area contributed by atoms with Crippen molar-refractivity contribution in [3.8, 4) is 0 Å². The number of allylic oxidation sites excluding steroid dienone is 13. The van der Waals surface area contributed by atoms with Crippen molar-refractivity contribution >= 4 is 11.9 Å². The van der Waals surface area contributed by atoms with Crippen LogP contribution in [0.25, 0.3) is 0 Å². The molecule has 1 aliphatic rings. The SMILES string of the molecule is C/C=C/CC/C=C/CC/C=C/C(O)C(COC1OC(CO)C(O)C(O)C1O)NC(=O)CCCCCCCCC/C=C\C/C=C\CCCCCOC(=O)CCCCCCCCC/C=C\C/C=C\CCCCC. The molecule has 0 saturated carbocycles. The lowest BCUT2D eigenvalue weighted by molar-refractivity contribution is -0.302. The maximum absolute atomic E-state index is 13.0. The number of esters is 1. The molecule has 11 nitrogen and oxygen atoms in total. The number of nitrogens with one attached hydrogen (secondary N) is 1. The van der Waals surface area contributed by atoms with E-state index >= 15 is 0 Å². The molecule has 0 aliphatic carbocycles. The first kappa shape index (κ1) is 65.9. The van der Waals surface area contributed by atoms with Crippen molar-refractivity contribution in [2.24, 2.45) is 0 Å². The van der Waals surface area contributed by atoms with Crippen molar-refractivity contribution in [1.82, 2.24) is 5.32 Å². The number of carbonyl (C=O) groups excluding carboxylic acids is 2. The zero-order valence-corrected chi connectivity index (χ0v) is 44.7. The molecule has 71 heavy (non-hydrogen) atoms. The predicted octanol–water partition coefficient (Wildman–Crippen LogP) is 12.6. The minimum absolute atomic E-state index is 0.0430. The Hall–Kier alpha value is -3.16. The summed E-state index contributed by atoms with van der Waals surface area (Å²) < 4.78 is 16.6. The van der Waals surface area contributed by atoms with Crippen molar-refractivity contribution in [2.75, 3.05) is 19.8 Å². The normalized spacial score (nSPS) is 19.8. The molecular formula is C60H103NO10. The standard InChI is InChI=1S/C60H103NO10/c1-3-5-7-9-11-13-14-15-16-18-22-25-28-32-36-40-44-48-56(65)69-49-45-41-37-33-29-26-23-20-17-19-21-24-27-31-35-39-43-47-55(64)61-52(53(63)46-42-38-34-30-12-10-8-6-4-2)51-70-60-59(68)58(67)57(66)54(50-62)71-60/h4,6,11-13,15-17,20,26,29-30,42,46,52-54,57-60,62-63,66-68H,3,5,7-10,14,18-19,21-25,27-28,31-41,43-45,47-51H2,1-2H3,(H,61,64)/b6-4+,13-11-,16-15-,20-17-,29-26-,30-12+,46-42+. The van der Waals surface area contributed by atoms with Gasteiger partial charge in [-0.05, 0) is 122 Å². The Balaban J connectivity index is 2.08. The van der Waals surface area contributed by atoms with Crippen LogP contribution in [0.1, 0.15) is 219 Å². The molecule has 7 unspecified atom stereocenters. The molecule has 1 fully saturated rings. The number of carbonyl (C=O) groups is 2. The van der Waals surface area contributed by atoms with E-state index in [9.17, 15) is 35.1 Å². The summed E-state index contributed by atoms with van der Waals surface area (Å²) in [7, 11) is 0. The predicted molar refractivity (Wildman–Crippen MR) is 292 cm³/mol. The van der Waals surface area contributed by atoms with Crippen LogP contribution in [-0.4, -0.2) is 100 Å². The third-order valence-electron chi connectivity index (χ3n) is 12.8. The summed E-state index contributed by atoms with van der Waals surface area (Å²) in [5.74, 6) is -0.262. The molecule has 1 saturated heterocycles. The van der Waals surface area contributed by atoms with Crippen LogP contribution in [0.2, 0.25) is 0 Å². The van der Waals surface area contributed by atoms with Crippen LogP contribution in [-0.2, 0) is 23.8 Å². The Morgan fingerprint density at radius 3 is 1.55 bits per heavy atom. The zero-order valence-electron chi connectivity index (χ0n) is 44.7. The third-order valence-corrected chi connectivity index (χ3v) is 12.8. The van der Waals surface area contributed by atoms with E-state index < -0.39 is 49.5 Å². The fraction of sp³-hybridized carbons (Fsp3) is 0.733. The van der Waals surface area contributed by atoms with E-state index in [0.29, 0.717) is 25.9 Å². The van der Waals surface area contributed by atoms with Crippen LogP contribution >= 0.6 is 0 Å². The van der Waals surface area contributed by atoms with E-state index in [1.54, 1.807) is 6.08 Å². The van der Waals surface area contributed by atoms with E-state index in [4.69, 9.17) is 14.2 Å². The van der Waals surface area contributed by atoms with E-state index in [-0.39, 0.29) is 18.5 Å². The summed E-state index contributed by atoms with van der Waals surface area (Å²) in [5, 5.41) is 54.1. The smallest absolute Gasteiger partial charge is 0.305 e. The van der Waals surface area contributed by atoms with Gasteiger partial charge in [0, 0.05) is 12.8 Å². The molecule has 0 aromatic carbocycles. The molecule has 1 aliphatic heterocycles. The molecule has 408 valence electrons. The summed E-state index contributed by atoms with van der Waals surface area (Å²) in [5.41, 5.74) is 0. The maximum atomic E-state index is 13.0. The van der Waals surface area contributed by atoms with Crippen LogP contribution in [0.3, 0.4) is 0 Å². The number of aliphatic hydroxyl groups excluding tert-OH is 5. The minimum atomic E-state index is -1.59. The number of unbranched alkanes of at least 4 members (excludes halogenated alkanes) is 22. The van der Waals surface area contributed by atoms with Gasteiger partial charge in [0.25, 0.3) is 0 Å². The van der Waals surface area contributed by atoms with E-state index in [1.807, 2.05) is 19.1 Å². The molecule has 7 atom stereocenters. The summed E-state index contributed by atoms with van der Waals surface area (Å²) in [4.78, 5) is 25.0. The van der Waals surface area contributed by atoms with Gasteiger partial charge in [-0.1, -0.05) is 169 Å². The maximum Gasteiger partial charge on any atom is 0.305 e. The fourth-order valence-electron chi connectivity index (χ4n) is 8.24. The largest absolute Gasteiger partial charge is 0.466 e. The molecule has 0 aromatic rings. The summed E-state index contributed by atoms with van der Waals surface area (Å²) in [6, 6.07) is -0.848. The third kappa shape index (κ3) is 39.0. The van der Waals surface area contributed by atoms with Crippen LogP contribution in [0.4, 0.5) is 0 Å². The summed E-state index contributed by atoms with van der Waals surface area (Å²) in [6.45, 7) is 3.98. The Kier molecular flexibility index (Phi) is 45.5. The fourth-order valence-corrected chi connectivity index (χ4v) is 8.24. The molecule has 0 spiro atoms. The molecule has 1 heterocycles. The number of amides is 1. The van der Waals surface area contributed by atoms with Gasteiger partial charge in [-0.3, -0.25) is 9.59 Å². The average Bonchev–Trinajstić information content (AvgIpc) is 3.37. The second-order valence-electron chi connectivity index (χ2n) is 19.3. The number of rotatable bonds is 47. The second-order valence-corrected chi connectivity index (χ2v) is 19.3. The van der Waals surface area contributed by atoms with Gasteiger partial charge in [0.15, 0.2) is 6.29 Å². The van der Waals surface area contributed by atoms with Gasteiger partial charge < -0.3 is 45.1 Å². The van der Waals surface area contributed by atoms with Crippen LogP contribution < -0.4 is 5.32 Å². The highest BCUT2D eigenvalue weighted by molar-refractivity contribution is 5.76. The summed E-state index contributed by atoms with van der Waals surface area (Å²) >= 11 is 0. The Bertz CT molecular complexity index is 1450. The highest BCUT2D eigenvalue weighted by Crippen LogP contribution is 2.23. The highest BCUT2D eigenvalue weighted by Gasteiger charge is 2.44. The first-order valence-electron chi connectivity index (χ1n) is 28.3. The van der Waals surface area contributed by atoms with Gasteiger partial charge >= 0.3 is 5.97 Å². The molecule has 1 amide bonds. The van der Waals surface area contributed by atoms with Crippen molar-refractivity contribution in [3.63, 3.8) is 0 Å². The zero-order chi connectivity index (χ0) is 51.7. The molecule has 6 N–H and O–H groups in total. The van der Waals surface area contributed by atoms with Gasteiger partial charge in [-0.2, -0.15) is 0 Å². The van der Waals surface area contributed by atoms with E-state index in [1.165, 1.54) is 77.0 Å². The van der Waals surface area contributed by atoms with Crippen molar-refractivity contribution in [3.05, 3.63) is 85.1 Å². The Morgan fingerprint density at radius 2 is 1.01 bits per heavy atom. The van der Waals surface area contributed by atoms with Gasteiger partial charge in [-0.25, -0.2) is 0 Å². The van der Waals surface area contributed by atoms with Crippen molar-refractivity contribution < 1.29 is 49.3 Å². The molecule has 0 bridgehead atoms. The molecule has 1 rings (SSSR count). The van der Waals surface area contributed by atoms with Gasteiger partial charge in [-0.15, -0.1) is 0 Å². The quantitative estimate of drug-likeness (QED) is 0.0196. The van der Waals surface area contributed by atoms with Crippen molar-refractivity contribution in [1.29, 1.82) is 0 Å². The van der Waals surface area contributed by atoms with Crippen LogP contribution in [0, 0.1) is 0 Å². The highest BCUT2D eigenvalue weighted by atomic mass is 16.7.